The van der Waals surface area contributed by atoms with Crippen LogP contribution in [0.4, 0.5) is 0 Å². The first-order chi connectivity index (χ1) is 10.3. The molecule has 1 aliphatic rings. The highest BCUT2D eigenvalue weighted by molar-refractivity contribution is 5.45. The number of piperidine rings is 1. The van der Waals surface area contributed by atoms with Crippen LogP contribution < -0.4 is 10.5 Å². The molecule has 1 aromatic carbocycles. The van der Waals surface area contributed by atoms with E-state index in [-0.39, 0.29) is 12.6 Å². The molecule has 21 heavy (non-hydrogen) atoms. The molecule has 114 valence electrons. The third-order valence-corrected chi connectivity index (χ3v) is 3.97. The number of rotatable bonds is 4. The zero-order valence-electron chi connectivity index (χ0n) is 12.6. The van der Waals surface area contributed by atoms with Gasteiger partial charge in [0.25, 0.3) is 0 Å². The van der Waals surface area contributed by atoms with Crippen molar-refractivity contribution in [1.82, 2.24) is 4.90 Å². The van der Waals surface area contributed by atoms with Crippen molar-refractivity contribution in [3.8, 4) is 17.6 Å². The highest BCUT2D eigenvalue weighted by Crippen LogP contribution is 2.23. The SMILES string of the molecule is COc1ccc(C#CCN)c(CN2CCCCC2CO)c1. The van der Waals surface area contributed by atoms with E-state index in [1.165, 1.54) is 12.8 Å². The van der Waals surface area contributed by atoms with Crippen molar-refractivity contribution in [2.24, 2.45) is 5.73 Å². The van der Waals surface area contributed by atoms with Crippen LogP contribution in [0.2, 0.25) is 0 Å². The average Bonchev–Trinajstić information content (AvgIpc) is 2.54. The van der Waals surface area contributed by atoms with E-state index in [2.05, 4.69) is 16.7 Å². The number of methoxy groups -OCH3 is 1. The van der Waals surface area contributed by atoms with Gasteiger partial charge in [0, 0.05) is 18.2 Å². The summed E-state index contributed by atoms with van der Waals surface area (Å²) in [5.41, 5.74) is 7.59. The quantitative estimate of drug-likeness (QED) is 0.821. The van der Waals surface area contributed by atoms with Crippen molar-refractivity contribution in [1.29, 1.82) is 0 Å². The Morgan fingerprint density at radius 3 is 3.00 bits per heavy atom. The maximum Gasteiger partial charge on any atom is 0.119 e. The van der Waals surface area contributed by atoms with Crippen LogP contribution in [0, 0.1) is 11.8 Å². The highest BCUT2D eigenvalue weighted by Gasteiger charge is 2.22. The van der Waals surface area contributed by atoms with Gasteiger partial charge in [-0.15, -0.1) is 0 Å². The molecule has 2 rings (SSSR count). The van der Waals surface area contributed by atoms with Gasteiger partial charge in [-0.25, -0.2) is 0 Å². The molecule has 1 unspecified atom stereocenters. The summed E-state index contributed by atoms with van der Waals surface area (Å²) in [4.78, 5) is 2.34. The van der Waals surface area contributed by atoms with Crippen LogP contribution in [-0.4, -0.2) is 42.9 Å². The summed E-state index contributed by atoms with van der Waals surface area (Å²) in [6, 6.07) is 6.18. The van der Waals surface area contributed by atoms with Gasteiger partial charge in [-0.3, -0.25) is 4.90 Å². The minimum Gasteiger partial charge on any atom is -0.497 e. The first-order valence-electron chi connectivity index (χ1n) is 7.49. The zero-order valence-corrected chi connectivity index (χ0v) is 12.6. The Morgan fingerprint density at radius 2 is 2.29 bits per heavy atom. The second-order valence-electron chi connectivity index (χ2n) is 5.33. The fourth-order valence-electron chi connectivity index (χ4n) is 2.79. The number of benzene rings is 1. The summed E-state index contributed by atoms with van der Waals surface area (Å²) in [7, 11) is 1.67. The Labute approximate surface area is 126 Å². The van der Waals surface area contributed by atoms with Crippen LogP contribution in [0.15, 0.2) is 18.2 Å². The number of aliphatic hydroxyl groups excluding tert-OH is 1. The first kappa shape index (κ1) is 15.8. The zero-order chi connectivity index (χ0) is 15.1. The van der Waals surface area contributed by atoms with Gasteiger partial charge in [0.1, 0.15) is 5.75 Å². The molecule has 0 aliphatic carbocycles. The molecule has 0 spiro atoms. The van der Waals surface area contributed by atoms with Gasteiger partial charge in [-0.1, -0.05) is 18.3 Å². The Hall–Kier alpha value is -1.54. The predicted molar refractivity (Wildman–Crippen MR) is 84.1 cm³/mol. The van der Waals surface area contributed by atoms with Crippen LogP contribution >= 0.6 is 0 Å². The van der Waals surface area contributed by atoms with Gasteiger partial charge in [-0.2, -0.15) is 0 Å². The molecule has 3 N–H and O–H groups in total. The largest absolute Gasteiger partial charge is 0.497 e. The van der Waals surface area contributed by atoms with E-state index in [9.17, 15) is 5.11 Å². The van der Waals surface area contributed by atoms with Gasteiger partial charge >= 0.3 is 0 Å². The summed E-state index contributed by atoms with van der Waals surface area (Å²) in [5.74, 6) is 6.88. The van der Waals surface area contributed by atoms with Crippen molar-refractivity contribution in [2.45, 2.75) is 31.8 Å². The molecule has 4 nitrogen and oxygen atoms in total. The van der Waals surface area contributed by atoms with E-state index in [1.54, 1.807) is 7.11 Å². The third-order valence-electron chi connectivity index (χ3n) is 3.97. The minimum absolute atomic E-state index is 0.216. The molecule has 0 saturated carbocycles. The molecule has 0 radical (unpaired) electrons. The number of likely N-dealkylation sites (tertiary alicyclic amines) is 1. The normalized spacial score (nSPS) is 18.9. The van der Waals surface area contributed by atoms with Crippen LogP contribution in [0.1, 0.15) is 30.4 Å². The van der Waals surface area contributed by atoms with Crippen LogP contribution in [0.25, 0.3) is 0 Å². The standard InChI is InChI=1S/C17H24N2O2/c1-21-17-8-7-14(5-4-9-18)15(11-17)12-19-10-3-2-6-16(19)13-20/h7-8,11,16,20H,2-3,6,9-10,12-13,18H2,1H3. The first-order valence-corrected chi connectivity index (χ1v) is 7.49. The molecule has 1 saturated heterocycles. The predicted octanol–water partition coefficient (Wildman–Crippen LogP) is 1.35. The lowest BCUT2D eigenvalue weighted by molar-refractivity contribution is 0.0840. The monoisotopic (exact) mass is 288 g/mol. The number of ether oxygens (including phenoxy) is 1. The van der Waals surface area contributed by atoms with Crippen LogP contribution in [0.5, 0.6) is 5.75 Å². The molecule has 1 fully saturated rings. The molecule has 0 bridgehead atoms. The van der Waals surface area contributed by atoms with Gasteiger partial charge in [0.2, 0.25) is 0 Å². The summed E-state index contributed by atoms with van der Waals surface area (Å²) in [5, 5.41) is 9.54. The lowest BCUT2D eigenvalue weighted by Gasteiger charge is -2.34. The van der Waals surface area contributed by atoms with E-state index in [1.807, 2.05) is 18.2 Å². The highest BCUT2D eigenvalue weighted by atomic mass is 16.5. The van der Waals surface area contributed by atoms with Gasteiger partial charge in [0.15, 0.2) is 0 Å². The maximum absolute atomic E-state index is 9.54. The van der Waals surface area contributed by atoms with Crippen LogP contribution in [-0.2, 0) is 6.54 Å². The molecule has 4 heteroatoms. The smallest absolute Gasteiger partial charge is 0.119 e. The molecule has 0 amide bonds. The van der Waals surface area contributed by atoms with Gasteiger partial charge < -0.3 is 15.6 Å². The second-order valence-corrected chi connectivity index (χ2v) is 5.33. The molecular formula is C17H24N2O2. The average molecular weight is 288 g/mol. The van der Waals surface area contributed by atoms with Gasteiger partial charge in [0.05, 0.1) is 20.3 Å². The van der Waals surface area contributed by atoms with E-state index >= 15 is 0 Å². The molecule has 1 atom stereocenters. The Morgan fingerprint density at radius 1 is 1.43 bits per heavy atom. The third kappa shape index (κ3) is 4.21. The Balaban J connectivity index is 2.23. The van der Waals surface area contributed by atoms with E-state index in [4.69, 9.17) is 10.5 Å². The fraction of sp³-hybridized carbons (Fsp3) is 0.529. The number of nitrogens with two attached hydrogens (primary N) is 1. The Kier molecular flexibility index (Phi) is 6.06. The van der Waals surface area contributed by atoms with Crippen molar-refractivity contribution in [3.63, 3.8) is 0 Å². The second kappa shape index (κ2) is 8.04. The topological polar surface area (TPSA) is 58.7 Å². The summed E-state index contributed by atoms with van der Waals surface area (Å²) >= 11 is 0. The summed E-state index contributed by atoms with van der Waals surface area (Å²) < 4.78 is 5.32. The van der Waals surface area contributed by atoms with Crippen LogP contribution in [0.3, 0.4) is 0 Å². The molecule has 1 heterocycles. The minimum atomic E-state index is 0.216. The van der Waals surface area contributed by atoms with E-state index in [0.717, 1.165) is 36.4 Å². The van der Waals surface area contributed by atoms with Crippen molar-refractivity contribution in [2.75, 3.05) is 26.8 Å². The molecule has 1 aliphatic heterocycles. The lowest BCUT2D eigenvalue weighted by atomic mass is 10.00. The van der Waals surface area contributed by atoms with E-state index < -0.39 is 0 Å². The fourth-order valence-corrected chi connectivity index (χ4v) is 2.79. The van der Waals surface area contributed by atoms with E-state index in [0.29, 0.717) is 6.54 Å². The van der Waals surface area contributed by atoms with Crippen molar-refractivity contribution >= 4 is 0 Å². The lowest BCUT2D eigenvalue weighted by Crippen LogP contribution is -2.41. The molecular weight excluding hydrogens is 264 g/mol. The molecule has 0 aromatic heterocycles. The number of nitrogens with zero attached hydrogens (tertiary/aromatic N) is 1. The van der Waals surface area contributed by atoms with Crippen molar-refractivity contribution in [3.05, 3.63) is 29.3 Å². The number of hydrogen-bond acceptors (Lipinski definition) is 4. The number of hydrogen-bond donors (Lipinski definition) is 2. The maximum atomic E-state index is 9.54. The summed E-state index contributed by atoms with van der Waals surface area (Å²) in [6.45, 7) is 2.38. The van der Waals surface area contributed by atoms with Crippen molar-refractivity contribution < 1.29 is 9.84 Å². The Bertz CT molecular complexity index is 519. The summed E-state index contributed by atoms with van der Waals surface area (Å²) in [6.07, 6.45) is 3.44. The molecule has 1 aromatic rings. The number of aliphatic hydroxyl groups is 1. The van der Waals surface area contributed by atoms with Gasteiger partial charge in [-0.05, 0) is 43.1 Å².